The fourth-order valence-corrected chi connectivity index (χ4v) is 1.93. The van der Waals surface area contributed by atoms with E-state index in [2.05, 4.69) is 0 Å². The zero-order valence-electron chi connectivity index (χ0n) is 11.3. The molecular weight excluding hydrogens is 293 g/mol. The van der Waals surface area contributed by atoms with Crippen LogP contribution in [0.5, 0.6) is 0 Å². The van der Waals surface area contributed by atoms with Crippen LogP contribution in [-0.2, 0) is 0 Å². The second-order valence-electron chi connectivity index (χ2n) is 4.45. The standard InChI is InChI=1S/C12H13F3N2O4/c1-7-9(16(2)6-5-12(13,14)15)4-3-8(11(18)19)10(7)17(20)21/h3-4H,5-6H2,1-2H3,(H,18,19). The zero-order chi connectivity index (χ0) is 16.4. The van der Waals surface area contributed by atoms with Crippen LogP contribution in [0.2, 0.25) is 0 Å². The highest BCUT2D eigenvalue weighted by Gasteiger charge is 2.29. The van der Waals surface area contributed by atoms with Crippen molar-refractivity contribution in [2.24, 2.45) is 0 Å². The third-order valence-electron chi connectivity index (χ3n) is 2.96. The summed E-state index contributed by atoms with van der Waals surface area (Å²) < 4.78 is 36.6. The highest BCUT2D eigenvalue weighted by molar-refractivity contribution is 5.94. The lowest BCUT2D eigenvalue weighted by Crippen LogP contribution is -2.25. The number of carbonyl (C=O) groups is 1. The maximum absolute atomic E-state index is 12.2. The fourth-order valence-electron chi connectivity index (χ4n) is 1.93. The van der Waals surface area contributed by atoms with Crippen molar-refractivity contribution < 1.29 is 28.0 Å². The number of hydrogen-bond donors (Lipinski definition) is 1. The second-order valence-corrected chi connectivity index (χ2v) is 4.45. The Labute approximate surface area is 117 Å². The second kappa shape index (κ2) is 5.98. The summed E-state index contributed by atoms with van der Waals surface area (Å²) in [6, 6.07) is 2.29. The molecule has 9 heteroatoms. The first-order valence-electron chi connectivity index (χ1n) is 5.83. The van der Waals surface area contributed by atoms with Crippen LogP contribution in [0.1, 0.15) is 22.3 Å². The highest BCUT2D eigenvalue weighted by atomic mass is 19.4. The van der Waals surface area contributed by atoms with Crippen LogP contribution in [0.15, 0.2) is 12.1 Å². The van der Waals surface area contributed by atoms with E-state index in [0.717, 1.165) is 6.07 Å². The molecule has 0 amide bonds. The lowest BCUT2D eigenvalue weighted by Gasteiger charge is -2.22. The average molecular weight is 306 g/mol. The lowest BCUT2D eigenvalue weighted by molar-refractivity contribution is -0.385. The van der Waals surface area contributed by atoms with Crippen LogP contribution in [-0.4, -0.2) is 35.8 Å². The number of alkyl halides is 3. The van der Waals surface area contributed by atoms with E-state index in [1.165, 1.54) is 24.9 Å². The number of nitro groups is 1. The summed E-state index contributed by atoms with van der Waals surface area (Å²) in [6.45, 7) is 0.928. The number of carboxylic acids is 1. The average Bonchev–Trinajstić information content (AvgIpc) is 2.33. The Morgan fingerprint density at radius 3 is 2.43 bits per heavy atom. The molecule has 0 aromatic heterocycles. The number of hydrogen-bond acceptors (Lipinski definition) is 4. The SMILES string of the molecule is Cc1c(N(C)CCC(F)(F)F)ccc(C(=O)O)c1[N+](=O)[O-]. The summed E-state index contributed by atoms with van der Waals surface area (Å²) in [5.74, 6) is -1.46. The summed E-state index contributed by atoms with van der Waals surface area (Å²) in [5, 5.41) is 19.9. The van der Waals surface area contributed by atoms with Gasteiger partial charge in [0.1, 0.15) is 5.56 Å². The molecule has 6 nitrogen and oxygen atoms in total. The minimum atomic E-state index is -4.34. The van der Waals surface area contributed by atoms with E-state index in [0.29, 0.717) is 0 Å². The number of nitrogens with zero attached hydrogens (tertiary/aromatic N) is 2. The quantitative estimate of drug-likeness (QED) is 0.668. The number of carboxylic acid groups (broad SMARTS) is 1. The van der Waals surface area contributed by atoms with Crippen molar-refractivity contribution in [2.45, 2.75) is 19.5 Å². The number of rotatable bonds is 5. The minimum Gasteiger partial charge on any atom is -0.477 e. The number of benzene rings is 1. The van der Waals surface area contributed by atoms with Crippen molar-refractivity contribution in [2.75, 3.05) is 18.5 Å². The molecule has 0 saturated heterocycles. The normalized spacial score (nSPS) is 11.3. The molecule has 0 unspecified atom stereocenters. The molecule has 0 saturated carbocycles. The molecule has 0 heterocycles. The van der Waals surface area contributed by atoms with Gasteiger partial charge in [-0.25, -0.2) is 4.79 Å². The monoisotopic (exact) mass is 306 g/mol. The van der Waals surface area contributed by atoms with E-state index >= 15 is 0 Å². The Morgan fingerprint density at radius 2 is 2.00 bits per heavy atom. The molecule has 21 heavy (non-hydrogen) atoms. The third kappa shape index (κ3) is 4.07. The minimum absolute atomic E-state index is 0.0181. The van der Waals surface area contributed by atoms with Crippen LogP contribution < -0.4 is 4.90 Å². The maximum atomic E-state index is 12.2. The summed E-state index contributed by atoms with van der Waals surface area (Å²) in [5.41, 5.74) is -0.898. The first-order chi connectivity index (χ1) is 9.54. The van der Waals surface area contributed by atoms with Gasteiger partial charge in [-0.1, -0.05) is 0 Å². The van der Waals surface area contributed by atoms with Crippen LogP contribution in [0.3, 0.4) is 0 Å². The molecule has 0 aliphatic heterocycles. The molecular formula is C12H13F3N2O4. The molecule has 0 atom stereocenters. The predicted octanol–water partition coefficient (Wildman–Crippen LogP) is 2.99. The van der Waals surface area contributed by atoms with Gasteiger partial charge in [-0.3, -0.25) is 10.1 Å². The Morgan fingerprint density at radius 1 is 1.43 bits per heavy atom. The number of anilines is 1. The third-order valence-corrected chi connectivity index (χ3v) is 2.96. The van der Waals surface area contributed by atoms with Gasteiger partial charge < -0.3 is 10.0 Å². The lowest BCUT2D eigenvalue weighted by atomic mass is 10.1. The van der Waals surface area contributed by atoms with Gasteiger partial charge >= 0.3 is 12.1 Å². The Balaban J connectivity index is 3.18. The summed E-state index contributed by atoms with van der Waals surface area (Å²) in [7, 11) is 1.36. The molecule has 0 spiro atoms. The van der Waals surface area contributed by atoms with Gasteiger partial charge in [-0.2, -0.15) is 13.2 Å². The van der Waals surface area contributed by atoms with E-state index in [-0.39, 0.29) is 17.8 Å². The van der Waals surface area contributed by atoms with Crippen molar-refractivity contribution in [3.05, 3.63) is 33.4 Å². The molecule has 0 radical (unpaired) electrons. The van der Waals surface area contributed by atoms with Crippen molar-refractivity contribution >= 4 is 17.3 Å². The molecule has 1 aromatic rings. The molecule has 0 aliphatic rings. The first-order valence-corrected chi connectivity index (χ1v) is 5.83. The fraction of sp³-hybridized carbons (Fsp3) is 0.417. The summed E-state index contributed by atoms with van der Waals surface area (Å²) in [4.78, 5) is 22.3. The van der Waals surface area contributed by atoms with Gasteiger partial charge in [0.2, 0.25) is 0 Å². The summed E-state index contributed by atoms with van der Waals surface area (Å²) in [6.07, 6.45) is -5.41. The molecule has 116 valence electrons. The first kappa shape index (κ1) is 16.7. The molecule has 0 fully saturated rings. The van der Waals surface area contributed by atoms with Gasteiger partial charge in [0, 0.05) is 19.3 Å². The smallest absolute Gasteiger partial charge is 0.390 e. The highest BCUT2D eigenvalue weighted by Crippen LogP contribution is 2.32. The topological polar surface area (TPSA) is 83.7 Å². The number of aromatic carboxylic acids is 1. The van der Waals surface area contributed by atoms with Gasteiger partial charge in [0.05, 0.1) is 16.9 Å². The predicted molar refractivity (Wildman–Crippen MR) is 68.7 cm³/mol. The van der Waals surface area contributed by atoms with Crippen molar-refractivity contribution in [3.8, 4) is 0 Å². The van der Waals surface area contributed by atoms with Crippen molar-refractivity contribution in [3.63, 3.8) is 0 Å². The van der Waals surface area contributed by atoms with Crippen LogP contribution in [0.25, 0.3) is 0 Å². The molecule has 0 aliphatic carbocycles. The molecule has 1 aromatic carbocycles. The van der Waals surface area contributed by atoms with E-state index in [9.17, 15) is 28.1 Å². The van der Waals surface area contributed by atoms with Crippen LogP contribution in [0, 0.1) is 17.0 Å². The van der Waals surface area contributed by atoms with Crippen LogP contribution in [0.4, 0.5) is 24.5 Å². The molecule has 1 N–H and O–H groups in total. The summed E-state index contributed by atoms with van der Waals surface area (Å²) >= 11 is 0. The van der Waals surface area contributed by atoms with Crippen molar-refractivity contribution in [1.82, 2.24) is 0 Å². The number of halogens is 3. The van der Waals surface area contributed by atoms with Gasteiger partial charge in [-0.15, -0.1) is 0 Å². The van der Waals surface area contributed by atoms with Gasteiger partial charge in [0.15, 0.2) is 0 Å². The van der Waals surface area contributed by atoms with E-state index in [4.69, 9.17) is 5.11 Å². The maximum Gasteiger partial charge on any atom is 0.390 e. The van der Waals surface area contributed by atoms with E-state index in [1.54, 1.807) is 0 Å². The zero-order valence-corrected chi connectivity index (χ0v) is 11.3. The van der Waals surface area contributed by atoms with Crippen molar-refractivity contribution in [1.29, 1.82) is 0 Å². The molecule has 0 bridgehead atoms. The largest absolute Gasteiger partial charge is 0.477 e. The van der Waals surface area contributed by atoms with E-state index in [1.807, 2.05) is 0 Å². The van der Waals surface area contributed by atoms with Gasteiger partial charge in [0.25, 0.3) is 5.69 Å². The Kier molecular flexibility index (Phi) is 4.77. The van der Waals surface area contributed by atoms with E-state index < -0.39 is 34.7 Å². The molecule has 1 rings (SSSR count). The Hall–Kier alpha value is -2.32. The number of nitro benzene ring substituents is 1. The van der Waals surface area contributed by atoms with Crippen LogP contribution >= 0.6 is 0 Å². The Bertz CT molecular complexity index is 572. The van der Waals surface area contributed by atoms with Gasteiger partial charge in [-0.05, 0) is 19.1 Å².